The van der Waals surface area contributed by atoms with Crippen LogP contribution in [0.2, 0.25) is 0 Å². The van der Waals surface area contributed by atoms with Gasteiger partial charge in [0, 0.05) is 13.1 Å². The Morgan fingerprint density at radius 2 is 1.85 bits per heavy atom. The van der Waals surface area contributed by atoms with E-state index in [-0.39, 0.29) is 30.8 Å². The number of hydrogen-bond acceptors (Lipinski definition) is 5. The van der Waals surface area contributed by atoms with Crippen LogP contribution in [0.1, 0.15) is 32.6 Å². The number of likely N-dealkylation sites (tertiary alicyclic amines) is 1. The average Bonchev–Trinajstić information content (AvgIpc) is 2.81. The predicted molar refractivity (Wildman–Crippen MR) is 107 cm³/mol. The molecule has 8 nitrogen and oxygen atoms in total. The van der Waals surface area contributed by atoms with Crippen LogP contribution < -0.4 is 10.6 Å². The summed E-state index contributed by atoms with van der Waals surface area (Å²) >= 11 is 0. The maximum absolute atomic E-state index is 11.7. The van der Waals surface area contributed by atoms with Gasteiger partial charge in [0.15, 0.2) is 5.65 Å². The molecule has 0 aromatic carbocycles. The molecule has 0 spiro atoms. The molecule has 1 fully saturated rings. The van der Waals surface area contributed by atoms with Gasteiger partial charge >= 0.3 is 6.03 Å². The van der Waals surface area contributed by atoms with Crippen molar-refractivity contribution in [1.82, 2.24) is 30.0 Å². The first kappa shape index (κ1) is 22.4. The van der Waals surface area contributed by atoms with Crippen molar-refractivity contribution in [2.75, 3.05) is 31.5 Å². The third kappa shape index (κ3) is 5.69. The van der Waals surface area contributed by atoms with E-state index in [1.54, 1.807) is 6.20 Å². The molecule has 10 heteroatoms. The summed E-state index contributed by atoms with van der Waals surface area (Å²) in [4.78, 5) is 22.7. The summed E-state index contributed by atoms with van der Waals surface area (Å²) in [6.07, 6.45) is 8.42. The number of urea groups is 1. The van der Waals surface area contributed by atoms with E-state index < -0.39 is 0 Å². The molecule has 0 atom stereocenters. The summed E-state index contributed by atoms with van der Waals surface area (Å²) in [5.41, 5.74) is 0.756. The quantitative estimate of drug-likeness (QED) is 0.800. The number of anilines is 1. The van der Waals surface area contributed by atoms with Gasteiger partial charge in [-0.05, 0) is 32.9 Å². The van der Waals surface area contributed by atoms with E-state index in [0.717, 1.165) is 37.2 Å². The molecule has 0 radical (unpaired) electrons. The smallest absolute Gasteiger partial charge is 0.320 e. The number of halogens is 2. The van der Waals surface area contributed by atoms with Crippen LogP contribution in [-0.2, 0) is 6.54 Å². The Labute approximate surface area is 165 Å². The SMILES string of the molecule is CCNC(=O)Nc1ncnc2c1cnn2CCN1CCCCCC1.Cl.Cl. The number of nitrogens with one attached hydrogen (secondary N) is 2. The third-order valence-electron chi connectivity index (χ3n) is 4.33. The van der Waals surface area contributed by atoms with Crippen molar-refractivity contribution in [2.45, 2.75) is 39.2 Å². The molecular formula is C16H27Cl2N7O. The molecular weight excluding hydrogens is 377 g/mol. The van der Waals surface area contributed by atoms with Crippen molar-refractivity contribution < 1.29 is 4.79 Å². The molecule has 2 amide bonds. The Morgan fingerprint density at radius 1 is 1.12 bits per heavy atom. The largest absolute Gasteiger partial charge is 0.338 e. The average molecular weight is 404 g/mol. The van der Waals surface area contributed by atoms with Crippen LogP contribution in [0.25, 0.3) is 11.0 Å². The van der Waals surface area contributed by atoms with E-state index in [0.29, 0.717) is 12.4 Å². The molecule has 146 valence electrons. The van der Waals surface area contributed by atoms with E-state index in [4.69, 9.17) is 0 Å². The zero-order valence-electron chi connectivity index (χ0n) is 15.0. The number of nitrogens with zero attached hydrogens (tertiary/aromatic N) is 5. The van der Waals surface area contributed by atoms with E-state index in [9.17, 15) is 4.79 Å². The minimum Gasteiger partial charge on any atom is -0.338 e. The van der Waals surface area contributed by atoms with Crippen LogP contribution in [0.4, 0.5) is 10.6 Å². The first-order valence-corrected chi connectivity index (χ1v) is 8.71. The Hall–Kier alpha value is -1.64. The molecule has 0 saturated carbocycles. The number of aromatic nitrogens is 4. The van der Waals surface area contributed by atoms with Gasteiger partial charge in [-0.15, -0.1) is 24.8 Å². The van der Waals surface area contributed by atoms with Gasteiger partial charge in [-0.2, -0.15) is 5.10 Å². The van der Waals surface area contributed by atoms with Gasteiger partial charge < -0.3 is 10.2 Å². The predicted octanol–water partition coefficient (Wildman–Crippen LogP) is 2.69. The summed E-state index contributed by atoms with van der Waals surface area (Å²) in [7, 11) is 0. The number of amides is 2. The maximum atomic E-state index is 11.7. The fraction of sp³-hybridized carbons (Fsp3) is 0.625. The minimum atomic E-state index is -0.269. The standard InChI is InChI=1S/C16H25N7O.2ClH/c1-2-17-16(24)21-14-13-11-20-23(15(13)19-12-18-14)10-9-22-7-5-3-4-6-8-22;;/h11-12H,2-10H2,1H3,(H2,17,18,19,21,24);2*1H. The summed E-state index contributed by atoms with van der Waals surface area (Å²) in [5.74, 6) is 0.493. The number of carbonyl (C=O) groups excluding carboxylic acids is 1. The van der Waals surface area contributed by atoms with Crippen molar-refractivity contribution in [3.63, 3.8) is 0 Å². The molecule has 2 N–H and O–H groups in total. The maximum Gasteiger partial charge on any atom is 0.320 e. The first-order valence-electron chi connectivity index (χ1n) is 8.71. The normalized spacial score (nSPS) is 14.8. The highest BCUT2D eigenvalue weighted by Crippen LogP contribution is 2.18. The molecule has 2 aromatic heterocycles. The molecule has 3 heterocycles. The van der Waals surface area contributed by atoms with Gasteiger partial charge in [0.2, 0.25) is 0 Å². The molecule has 0 aliphatic carbocycles. The lowest BCUT2D eigenvalue weighted by molar-refractivity contribution is 0.252. The Balaban J connectivity index is 0.00000169. The molecule has 1 aliphatic heterocycles. The Morgan fingerprint density at radius 3 is 2.54 bits per heavy atom. The van der Waals surface area contributed by atoms with Gasteiger partial charge in [-0.25, -0.2) is 19.4 Å². The van der Waals surface area contributed by atoms with Crippen molar-refractivity contribution in [2.24, 2.45) is 0 Å². The fourth-order valence-corrected chi connectivity index (χ4v) is 3.06. The lowest BCUT2D eigenvalue weighted by Crippen LogP contribution is -2.29. The highest BCUT2D eigenvalue weighted by atomic mass is 35.5. The second-order valence-electron chi connectivity index (χ2n) is 6.07. The summed E-state index contributed by atoms with van der Waals surface area (Å²) in [5, 5.41) is 10.6. The van der Waals surface area contributed by atoms with Crippen LogP contribution in [0.15, 0.2) is 12.5 Å². The number of hydrogen-bond donors (Lipinski definition) is 2. The molecule has 2 aromatic rings. The van der Waals surface area contributed by atoms with E-state index in [1.165, 1.54) is 32.0 Å². The summed E-state index contributed by atoms with van der Waals surface area (Å²) in [6.45, 7) is 6.53. The van der Waals surface area contributed by atoms with Crippen molar-refractivity contribution in [3.05, 3.63) is 12.5 Å². The van der Waals surface area contributed by atoms with Crippen LogP contribution in [-0.4, -0.2) is 56.9 Å². The Bertz CT molecular complexity index is 686. The summed E-state index contributed by atoms with van der Waals surface area (Å²) < 4.78 is 1.89. The molecule has 26 heavy (non-hydrogen) atoms. The van der Waals surface area contributed by atoms with Gasteiger partial charge in [0.05, 0.1) is 18.1 Å². The lowest BCUT2D eigenvalue weighted by atomic mass is 10.2. The minimum absolute atomic E-state index is 0. The zero-order valence-corrected chi connectivity index (χ0v) is 16.6. The van der Waals surface area contributed by atoms with E-state index in [1.807, 2.05) is 11.6 Å². The van der Waals surface area contributed by atoms with Gasteiger partial charge in [0.25, 0.3) is 0 Å². The third-order valence-corrected chi connectivity index (χ3v) is 4.33. The highest BCUT2D eigenvalue weighted by molar-refractivity contribution is 5.97. The topological polar surface area (TPSA) is 88.0 Å². The van der Waals surface area contributed by atoms with Gasteiger partial charge in [-0.1, -0.05) is 12.8 Å². The van der Waals surface area contributed by atoms with Gasteiger partial charge in [0.1, 0.15) is 12.1 Å². The zero-order chi connectivity index (χ0) is 16.8. The molecule has 1 aliphatic rings. The van der Waals surface area contributed by atoms with E-state index >= 15 is 0 Å². The van der Waals surface area contributed by atoms with Crippen molar-refractivity contribution in [1.29, 1.82) is 0 Å². The number of rotatable bonds is 5. The van der Waals surface area contributed by atoms with Crippen LogP contribution >= 0.6 is 24.8 Å². The van der Waals surface area contributed by atoms with E-state index in [2.05, 4.69) is 30.6 Å². The summed E-state index contributed by atoms with van der Waals surface area (Å²) in [6, 6.07) is -0.269. The molecule has 0 bridgehead atoms. The van der Waals surface area contributed by atoms with Gasteiger partial charge in [-0.3, -0.25) is 5.32 Å². The molecule has 0 unspecified atom stereocenters. The fourth-order valence-electron chi connectivity index (χ4n) is 3.06. The number of carbonyl (C=O) groups is 1. The molecule has 1 saturated heterocycles. The van der Waals surface area contributed by atoms with Crippen LogP contribution in [0.5, 0.6) is 0 Å². The second kappa shape index (κ2) is 11.2. The highest BCUT2D eigenvalue weighted by Gasteiger charge is 2.13. The monoisotopic (exact) mass is 403 g/mol. The van der Waals surface area contributed by atoms with Crippen molar-refractivity contribution in [3.8, 4) is 0 Å². The lowest BCUT2D eigenvalue weighted by Gasteiger charge is -2.19. The van der Waals surface area contributed by atoms with Crippen molar-refractivity contribution >= 4 is 47.7 Å². The number of fused-ring (bicyclic) bond motifs is 1. The van der Waals surface area contributed by atoms with Crippen LogP contribution in [0, 0.1) is 0 Å². The van der Waals surface area contributed by atoms with Crippen LogP contribution in [0.3, 0.4) is 0 Å². The first-order chi connectivity index (χ1) is 11.8. The Kier molecular flexibility index (Phi) is 9.61. The molecule has 3 rings (SSSR count). The second-order valence-corrected chi connectivity index (χ2v) is 6.07.